The molecule has 6 nitrogen and oxygen atoms in total. The Bertz CT molecular complexity index is 603. The summed E-state index contributed by atoms with van der Waals surface area (Å²) in [6.45, 7) is 5.67. The van der Waals surface area contributed by atoms with Gasteiger partial charge in [0, 0.05) is 13.5 Å². The topological polar surface area (TPSA) is 65.1 Å². The second kappa shape index (κ2) is 7.66. The fraction of sp³-hybridized carbons (Fsp3) is 0.556. The highest BCUT2D eigenvalue weighted by Crippen LogP contribution is 2.39. The Balaban J connectivity index is 2.49. The van der Waals surface area contributed by atoms with Crippen molar-refractivity contribution in [1.29, 1.82) is 0 Å². The van der Waals surface area contributed by atoms with Crippen LogP contribution in [0.2, 0.25) is 0 Å². The number of ether oxygens (including phenoxy) is 3. The zero-order valence-corrected chi connectivity index (χ0v) is 14.7. The van der Waals surface area contributed by atoms with E-state index in [-0.39, 0.29) is 12.7 Å². The summed E-state index contributed by atoms with van der Waals surface area (Å²) in [5.74, 6) is -0.580. The van der Waals surface area contributed by atoms with Crippen LogP contribution in [0.1, 0.15) is 39.2 Å². The van der Waals surface area contributed by atoms with Gasteiger partial charge >= 0.3 is 12.1 Å². The minimum Gasteiger partial charge on any atom is -0.462 e. The first-order valence-electron chi connectivity index (χ1n) is 8.31. The summed E-state index contributed by atoms with van der Waals surface area (Å²) in [4.78, 5) is 26.8. The smallest absolute Gasteiger partial charge is 0.417 e. The molecule has 0 bridgehead atoms. The van der Waals surface area contributed by atoms with Crippen molar-refractivity contribution in [3.05, 3.63) is 29.8 Å². The van der Waals surface area contributed by atoms with Gasteiger partial charge in [-0.2, -0.15) is 0 Å². The molecule has 1 aromatic carbocycles. The number of aryl methyl sites for hydroxylation is 1. The molecule has 1 aliphatic rings. The molecule has 1 aliphatic heterocycles. The maximum Gasteiger partial charge on any atom is 0.417 e. The van der Waals surface area contributed by atoms with Gasteiger partial charge in [-0.1, -0.05) is 25.1 Å². The number of nitrogens with zero attached hydrogens (tertiary/aromatic N) is 1. The number of benzene rings is 1. The summed E-state index contributed by atoms with van der Waals surface area (Å²) >= 11 is 0. The first kappa shape index (κ1) is 18.3. The molecule has 0 saturated carbocycles. The van der Waals surface area contributed by atoms with Gasteiger partial charge in [-0.15, -0.1) is 0 Å². The van der Waals surface area contributed by atoms with Crippen LogP contribution in [0.3, 0.4) is 0 Å². The lowest BCUT2D eigenvalue weighted by Gasteiger charge is -2.43. The molecule has 132 valence electrons. The van der Waals surface area contributed by atoms with Crippen molar-refractivity contribution in [2.24, 2.45) is 0 Å². The van der Waals surface area contributed by atoms with Gasteiger partial charge in [-0.25, -0.2) is 14.5 Å². The van der Waals surface area contributed by atoms with Crippen LogP contribution in [0, 0.1) is 0 Å². The van der Waals surface area contributed by atoms with Crippen molar-refractivity contribution in [3.63, 3.8) is 0 Å². The third-order valence-electron chi connectivity index (χ3n) is 4.32. The highest BCUT2D eigenvalue weighted by atomic mass is 16.6. The van der Waals surface area contributed by atoms with Gasteiger partial charge in [0.05, 0.1) is 12.3 Å². The molecule has 24 heavy (non-hydrogen) atoms. The summed E-state index contributed by atoms with van der Waals surface area (Å²) in [6.07, 6.45) is 0.737. The zero-order valence-electron chi connectivity index (χ0n) is 14.7. The maximum absolute atomic E-state index is 12.8. The average molecular weight is 335 g/mol. The molecule has 2 atom stereocenters. The van der Waals surface area contributed by atoms with Gasteiger partial charge in [0.15, 0.2) is 0 Å². The number of carbonyl (C=O) groups excluding carboxylic acids is 2. The molecule has 1 heterocycles. The first-order valence-corrected chi connectivity index (χ1v) is 8.31. The van der Waals surface area contributed by atoms with E-state index >= 15 is 0 Å². The maximum atomic E-state index is 12.8. The SMILES string of the molecule is CCOC(=O)C1(OC)CCc2ccccc2N1C(=O)OC(C)CC. The van der Waals surface area contributed by atoms with E-state index in [1.807, 2.05) is 32.0 Å². The van der Waals surface area contributed by atoms with Crippen molar-refractivity contribution in [3.8, 4) is 0 Å². The number of para-hydroxylation sites is 1. The molecule has 1 amide bonds. The number of carbonyl (C=O) groups is 2. The zero-order chi connectivity index (χ0) is 17.7. The van der Waals surface area contributed by atoms with Crippen LogP contribution in [0.25, 0.3) is 0 Å². The first-order chi connectivity index (χ1) is 11.5. The fourth-order valence-corrected chi connectivity index (χ4v) is 2.82. The van der Waals surface area contributed by atoms with Crippen molar-refractivity contribution >= 4 is 17.7 Å². The average Bonchev–Trinajstić information content (AvgIpc) is 2.60. The second-order valence-corrected chi connectivity index (χ2v) is 5.78. The summed E-state index contributed by atoms with van der Waals surface area (Å²) in [7, 11) is 1.41. The van der Waals surface area contributed by atoms with Crippen molar-refractivity contribution in [2.45, 2.75) is 51.9 Å². The quantitative estimate of drug-likeness (QED) is 0.773. The minimum absolute atomic E-state index is 0.208. The van der Waals surface area contributed by atoms with E-state index in [9.17, 15) is 9.59 Å². The number of amides is 1. The summed E-state index contributed by atoms with van der Waals surface area (Å²) in [5.41, 5.74) is 0.0806. The summed E-state index contributed by atoms with van der Waals surface area (Å²) in [5, 5.41) is 0. The highest BCUT2D eigenvalue weighted by Gasteiger charge is 2.53. The molecule has 2 rings (SSSR count). The van der Waals surface area contributed by atoms with Crippen molar-refractivity contribution in [1.82, 2.24) is 0 Å². The van der Waals surface area contributed by atoms with Crippen LogP contribution in [-0.4, -0.2) is 37.6 Å². The predicted molar refractivity (Wildman–Crippen MR) is 89.8 cm³/mol. The molecular formula is C18H25NO5. The van der Waals surface area contributed by atoms with Crippen LogP contribution in [0.5, 0.6) is 0 Å². The lowest BCUT2D eigenvalue weighted by Crippen LogP contribution is -2.62. The van der Waals surface area contributed by atoms with Gasteiger partial charge in [-0.05, 0) is 38.3 Å². The predicted octanol–water partition coefficient (Wildman–Crippen LogP) is 3.28. The number of esters is 1. The van der Waals surface area contributed by atoms with E-state index in [0.717, 1.165) is 5.56 Å². The Hall–Kier alpha value is -2.08. The van der Waals surface area contributed by atoms with Crippen molar-refractivity contribution in [2.75, 3.05) is 18.6 Å². The lowest BCUT2D eigenvalue weighted by atomic mass is 9.93. The molecule has 1 aromatic rings. The number of methoxy groups -OCH3 is 1. The van der Waals surface area contributed by atoms with Crippen LogP contribution in [0.4, 0.5) is 10.5 Å². The highest BCUT2D eigenvalue weighted by molar-refractivity contribution is 5.99. The molecule has 0 N–H and O–H groups in total. The van der Waals surface area contributed by atoms with Crippen molar-refractivity contribution < 1.29 is 23.8 Å². The van der Waals surface area contributed by atoms with Crippen LogP contribution in [-0.2, 0) is 25.4 Å². The normalized spacial score (nSPS) is 20.9. The molecule has 6 heteroatoms. The Labute approximate surface area is 142 Å². The summed E-state index contributed by atoms with van der Waals surface area (Å²) < 4.78 is 16.2. The number of hydrogen-bond acceptors (Lipinski definition) is 5. The minimum atomic E-state index is -1.51. The van der Waals surface area contributed by atoms with Crippen LogP contribution < -0.4 is 4.90 Å². The van der Waals surface area contributed by atoms with Gasteiger partial charge in [-0.3, -0.25) is 0 Å². The van der Waals surface area contributed by atoms with E-state index in [2.05, 4.69) is 0 Å². The number of hydrogen-bond donors (Lipinski definition) is 0. The Kier molecular flexibility index (Phi) is 5.83. The summed E-state index contributed by atoms with van der Waals surface area (Å²) in [6, 6.07) is 7.45. The lowest BCUT2D eigenvalue weighted by molar-refractivity contribution is -0.169. The largest absolute Gasteiger partial charge is 0.462 e. The van der Waals surface area contributed by atoms with E-state index in [1.54, 1.807) is 13.0 Å². The van der Waals surface area contributed by atoms with Gasteiger partial charge in [0.2, 0.25) is 5.72 Å². The third-order valence-corrected chi connectivity index (χ3v) is 4.32. The number of rotatable bonds is 5. The Morgan fingerprint density at radius 2 is 2.00 bits per heavy atom. The van der Waals surface area contributed by atoms with Gasteiger partial charge in [0.1, 0.15) is 6.10 Å². The molecule has 0 aliphatic carbocycles. The number of fused-ring (bicyclic) bond motifs is 1. The molecule has 0 fully saturated rings. The van der Waals surface area contributed by atoms with E-state index in [1.165, 1.54) is 12.0 Å². The third kappa shape index (κ3) is 3.24. The Morgan fingerprint density at radius 3 is 2.62 bits per heavy atom. The molecule has 0 aromatic heterocycles. The van der Waals surface area contributed by atoms with Gasteiger partial charge in [0.25, 0.3) is 0 Å². The molecule has 0 saturated heterocycles. The Morgan fingerprint density at radius 1 is 1.29 bits per heavy atom. The van der Waals surface area contributed by atoms with E-state index < -0.39 is 17.8 Å². The van der Waals surface area contributed by atoms with E-state index in [0.29, 0.717) is 24.9 Å². The molecule has 0 radical (unpaired) electrons. The van der Waals surface area contributed by atoms with Crippen LogP contribution >= 0.6 is 0 Å². The molecule has 2 unspecified atom stereocenters. The molecule has 0 spiro atoms. The van der Waals surface area contributed by atoms with E-state index in [4.69, 9.17) is 14.2 Å². The van der Waals surface area contributed by atoms with Gasteiger partial charge < -0.3 is 14.2 Å². The second-order valence-electron chi connectivity index (χ2n) is 5.78. The molecular weight excluding hydrogens is 310 g/mol. The fourth-order valence-electron chi connectivity index (χ4n) is 2.82. The number of anilines is 1. The monoisotopic (exact) mass is 335 g/mol. The van der Waals surface area contributed by atoms with Crippen LogP contribution in [0.15, 0.2) is 24.3 Å². The standard InChI is InChI=1S/C18H25NO5/c1-5-13(3)24-17(21)19-15-10-8-7-9-14(15)11-12-18(19,22-4)16(20)23-6-2/h7-10,13H,5-6,11-12H2,1-4H3.